The molecule has 0 atom stereocenters. The Morgan fingerprint density at radius 1 is 1.80 bits per heavy atom. The quantitative estimate of drug-likeness (QED) is 0.313. The van der Waals surface area contributed by atoms with E-state index in [2.05, 4.69) is 14.8 Å². The number of carbonyl (C=O) groups excluding carboxylic acids is 1. The maximum Gasteiger partial charge on any atom is 0.275 e. The predicted molar refractivity (Wildman–Crippen MR) is 51.5 cm³/mol. The Kier molecular flexibility index (Phi) is 3.67. The van der Waals surface area contributed by atoms with Crippen molar-refractivity contribution in [3.05, 3.63) is 18.0 Å². The number of nitrogens with two attached hydrogens (primary N) is 1. The molecule has 7 nitrogen and oxygen atoms in total. The topological polar surface area (TPSA) is 105 Å². The van der Waals surface area contributed by atoms with Crippen molar-refractivity contribution in [1.82, 2.24) is 10.1 Å². The van der Waals surface area contributed by atoms with Gasteiger partial charge in [0.1, 0.15) is 12.1 Å². The van der Waals surface area contributed by atoms with Crippen molar-refractivity contribution in [2.75, 3.05) is 13.6 Å². The van der Waals surface area contributed by atoms with Crippen LogP contribution < -0.4 is 5.73 Å². The molecule has 0 unspecified atom stereocenters. The first-order valence-corrected chi connectivity index (χ1v) is 4.27. The molecule has 0 aliphatic carbocycles. The molecule has 1 heterocycles. The van der Waals surface area contributed by atoms with Crippen LogP contribution in [0.3, 0.4) is 0 Å². The smallest absolute Gasteiger partial charge is 0.275 e. The molecule has 1 aromatic rings. The van der Waals surface area contributed by atoms with Gasteiger partial charge >= 0.3 is 0 Å². The largest absolute Gasteiger partial charge is 0.409 e. The lowest BCUT2D eigenvalue weighted by molar-refractivity contribution is 0.0788. The molecule has 7 heteroatoms. The first kappa shape index (κ1) is 11.0. The van der Waals surface area contributed by atoms with Crippen LogP contribution in [0.4, 0.5) is 0 Å². The van der Waals surface area contributed by atoms with Crippen molar-refractivity contribution in [2.45, 2.75) is 6.42 Å². The molecule has 0 saturated carbocycles. The van der Waals surface area contributed by atoms with Gasteiger partial charge in [0.15, 0.2) is 5.69 Å². The average molecular weight is 212 g/mol. The van der Waals surface area contributed by atoms with E-state index in [1.165, 1.54) is 17.2 Å². The fourth-order valence-electron chi connectivity index (χ4n) is 0.952. The molecular formula is C8H12N4O3. The van der Waals surface area contributed by atoms with Gasteiger partial charge in [-0.1, -0.05) is 10.3 Å². The Bertz CT molecular complexity index is 347. The molecule has 1 amide bonds. The van der Waals surface area contributed by atoms with Crippen LogP contribution in [0.15, 0.2) is 22.0 Å². The normalized spacial score (nSPS) is 11.4. The number of oxime groups is 1. The summed E-state index contributed by atoms with van der Waals surface area (Å²) in [5.41, 5.74) is 5.50. The van der Waals surface area contributed by atoms with Crippen LogP contribution in [0.25, 0.3) is 0 Å². The monoisotopic (exact) mass is 212 g/mol. The summed E-state index contributed by atoms with van der Waals surface area (Å²) in [4.78, 5) is 13.0. The lowest BCUT2D eigenvalue weighted by Crippen LogP contribution is -2.30. The summed E-state index contributed by atoms with van der Waals surface area (Å²) < 4.78 is 4.55. The SMILES string of the molecule is CN(CCC(N)=NO)C(=O)c1ccon1. The minimum atomic E-state index is -0.269. The maximum atomic E-state index is 11.6. The van der Waals surface area contributed by atoms with Crippen molar-refractivity contribution < 1.29 is 14.5 Å². The van der Waals surface area contributed by atoms with Crippen LogP contribution in [0.1, 0.15) is 16.9 Å². The Hall–Kier alpha value is -2.05. The van der Waals surface area contributed by atoms with Crippen molar-refractivity contribution in [3.8, 4) is 0 Å². The van der Waals surface area contributed by atoms with Gasteiger partial charge in [0.05, 0.1) is 0 Å². The summed E-state index contributed by atoms with van der Waals surface area (Å²) in [5.74, 6) is -0.190. The molecule has 82 valence electrons. The van der Waals surface area contributed by atoms with E-state index in [9.17, 15) is 4.79 Å². The highest BCUT2D eigenvalue weighted by molar-refractivity contribution is 5.92. The van der Waals surface area contributed by atoms with Crippen molar-refractivity contribution in [2.24, 2.45) is 10.9 Å². The van der Waals surface area contributed by atoms with Crippen molar-refractivity contribution in [3.63, 3.8) is 0 Å². The molecule has 1 aromatic heterocycles. The second-order valence-corrected chi connectivity index (χ2v) is 2.95. The molecular weight excluding hydrogens is 200 g/mol. The fourth-order valence-corrected chi connectivity index (χ4v) is 0.952. The van der Waals surface area contributed by atoms with Crippen LogP contribution in [0.2, 0.25) is 0 Å². The summed E-state index contributed by atoms with van der Waals surface area (Å²) >= 11 is 0. The zero-order chi connectivity index (χ0) is 11.3. The Balaban J connectivity index is 2.48. The molecule has 0 fully saturated rings. The molecule has 0 bridgehead atoms. The molecule has 15 heavy (non-hydrogen) atoms. The van der Waals surface area contributed by atoms with E-state index >= 15 is 0 Å². The van der Waals surface area contributed by atoms with E-state index in [1.54, 1.807) is 7.05 Å². The van der Waals surface area contributed by atoms with Gasteiger partial charge in [0.2, 0.25) is 0 Å². The first-order valence-electron chi connectivity index (χ1n) is 4.27. The van der Waals surface area contributed by atoms with E-state index in [0.717, 1.165) is 0 Å². The summed E-state index contributed by atoms with van der Waals surface area (Å²) in [7, 11) is 1.60. The zero-order valence-corrected chi connectivity index (χ0v) is 8.25. The number of carbonyl (C=O) groups is 1. The number of hydrogen-bond acceptors (Lipinski definition) is 5. The predicted octanol–water partition coefficient (Wildman–Crippen LogP) is -0.117. The summed E-state index contributed by atoms with van der Waals surface area (Å²) in [6.07, 6.45) is 1.63. The van der Waals surface area contributed by atoms with Gasteiger partial charge in [-0.25, -0.2) is 0 Å². The minimum absolute atomic E-state index is 0.0785. The molecule has 0 aliphatic rings. The van der Waals surface area contributed by atoms with Crippen LogP contribution in [0, 0.1) is 0 Å². The van der Waals surface area contributed by atoms with E-state index in [0.29, 0.717) is 13.0 Å². The van der Waals surface area contributed by atoms with Crippen LogP contribution in [0.5, 0.6) is 0 Å². The van der Waals surface area contributed by atoms with Gasteiger partial charge in [0, 0.05) is 26.1 Å². The second kappa shape index (κ2) is 4.99. The molecule has 0 radical (unpaired) electrons. The highest BCUT2D eigenvalue weighted by atomic mass is 16.5. The number of amides is 1. The van der Waals surface area contributed by atoms with E-state index < -0.39 is 0 Å². The standard InChI is InChI=1S/C8H12N4O3/c1-12(4-2-7(9)10-14)8(13)6-3-5-15-11-6/h3,5,14H,2,4H2,1H3,(H2,9,10). The van der Waals surface area contributed by atoms with Gasteiger partial charge in [-0.05, 0) is 0 Å². The van der Waals surface area contributed by atoms with E-state index in [1.807, 2.05) is 0 Å². The summed E-state index contributed by atoms with van der Waals surface area (Å²) in [6.45, 7) is 0.349. The molecule has 0 saturated heterocycles. The number of rotatable bonds is 4. The molecule has 1 rings (SSSR count). The van der Waals surface area contributed by atoms with E-state index in [4.69, 9.17) is 10.9 Å². The number of aromatic nitrogens is 1. The van der Waals surface area contributed by atoms with Crippen molar-refractivity contribution >= 4 is 11.7 Å². The van der Waals surface area contributed by atoms with Crippen molar-refractivity contribution in [1.29, 1.82) is 0 Å². The van der Waals surface area contributed by atoms with Gasteiger partial charge < -0.3 is 20.4 Å². The van der Waals surface area contributed by atoms with Crippen LogP contribution >= 0.6 is 0 Å². The third kappa shape index (κ3) is 2.97. The minimum Gasteiger partial charge on any atom is -0.409 e. The second-order valence-electron chi connectivity index (χ2n) is 2.95. The van der Waals surface area contributed by atoms with E-state index in [-0.39, 0.29) is 17.4 Å². The highest BCUT2D eigenvalue weighted by Gasteiger charge is 2.14. The number of hydrogen-bond donors (Lipinski definition) is 2. The Morgan fingerprint density at radius 2 is 2.53 bits per heavy atom. The maximum absolute atomic E-state index is 11.6. The Labute approximate surface area is 86.1 Å². The summed E-state index contributed by atoms with van der Waals surface area (Å²) in [6, 6.07) is 1.47. The first-order chi connectivity index (χ1) is 7.15. The Morgan fingerprint density at radius 3 is 3.07 bits per heavy atom. The zero-order valence-electron chi connectivity index (χ0n) is 8.25. The lowest BCUT2D eigenvalue weighted by atomic mass is 10.3. The summed E-state index contributed by atoms with van der Waals surface area (Å²) in [5, 5.41) is 14.6. The molecule has 0 aromatic carbocycles. The average Bonchev–Trinajstić information content (AvgIpc) is 2.77. The number of amidine groups is 1. The molecule has 0 spiro atoms. The van der Waals surface area contributed by atoms with Crippen LogP contribution in [-0.4, -0.2) is 40.6 Å². The molecule has 3 N–H and O–H groups in total. The van der Waals surface area contributed by atoms with Gasteiger partial charge in [-0.2, -0.15) is 0 Å². The molecule has 0 aliphatic heterocycles. The highest BCUT2D eigenvalue weighted by Crippen LogP contribution is 2.00. The van der Waals surface area contributed by atoms with Crippen LogP contribution in [-0.2, 0) is 0 Å². The van der Waals surface area contributed by atoms with Gasteiger partial charge in [-0.3, -0.25) is 4.79 Å². The number of nitrogens with zero attached hydrogens (tertiary/aromatic N) is 3. The lowest BCUT2D eigenvalue weighted by Gasteiger charge is -2.14. The fraction of sp³-hybridized carbons (Fsp3) is 0.375. The van der Waals surface area contributed by atoms with Gasteiger partial charge in [0.25, 0.3) is 5.91 Å². The third-order valence-electron chi connectivity index (χ3n) is 1.84. The third-order valence-corrected chi connectivity index (χ3v) is 1.84. The van der Waals surface area contributed by atoms with Gasteiger partial charge in [-0.15, -0.1) is 0 Å².